The van der Waals surface area contributed by atoms with Crippen LogP contribution in [0.2, 0.25) is 5.32 Å². The van der Waals surface area contributed by atoms with Gasteiger partial charge in [0.15, 0.2) is 0 Å². The van der Waals surface area contributed by atoms with Gasteiger partial charge in [0.1, 0.15) is 0 Å². The SMILES string of the molecule is CC[C@H](C)[C@@H](C[SeH])NS(=O)(=O)c1ccc(C)cc1. The number of hydrogen-bond acceptors (Lipinski definition) is 2. The van der Waals surface area contributed by atoms with Gasteiger partial charge in [0.05, 0.1) is 0 Å². The van der Waals surface area contributed by atoms with Crippen molar-refractivity contribution >= 4 is 26.0 Å². The molecule has 1 rings (SSSR count). The van der Waals surface area contributed by atoms with Crippen LogP contribution in [0.5, 0.6) is 0 Å². The molecule has 0 aliphatic heterocycles. The summed E-state index contributed by atoms with van der Waals surface area (Å²) in [5, 5.41) is 0.743. The van der Waals surface area contributed by atoms with Crippen molar-refractivity contribution in [2.24, 2.45) is 5.92 Å². The van der Waals surface area contributed by atoms with Crippen LogP contribution in [-0.4, -0.2) is 30.5 Å². The van der Waals surface area contributed by atoms with Gasteiger partial charge >= 0.3 is 118 Å². The van der Waals surface area contributed by atoms with E-state index in [2.05, 4.69) is 34.6 Å². The molecule has 0 amide bonds. The predicted octanol–water partition coefficient (Wildman–Crippen LogP) is 2.01. The zero-order valence-electron chi connectivity index (χ0n) is 11.1. The summed E-state index contributed by atoms with van der Waals surface area (Å²) in [7, 11) is -3.40. The molecule has 0 radical (unpaired) electrons. The third-order valence-electron chi connectivity index (χ3n) is 3.17. The van der Waals surface area contributed by atoms with Gasteiger partial charge in [0, 0.05) is 0 Å². The Labute approximate surface area is 118 Å². The molecule has 0 aliphatic carbocycles. The van der Waals surface area contributed by atoms with Crippen molar-refractivity contribution in [2.45, 2.75) is 43.4 Å². The van der Waals surface area contributed by atoms with E-state index >= 15 is 0 Å². The van der Waals surface area contributed by atoms with Crippen LogP contribution in [-0.2, 0) is 10.0 Å². The summed E-state index contributed by atoms with van der Waals surface area (Å²) in [4.78, 5) is 0.336. The van der Waals surface area contributed by atoms with Crippen molar-refractivity contribution in [3.05, 3.63) is 29.8 Å². The molecule has 0 spiro atoms. The quantitative estimate of drug-likeness (QED) is 0.809. The molecule has 0 bridgehead atoms. The Kier molecular flexibility index (Phi) is 5.86. The van der Waals surface area contributed by atoms with Gasteiger partial charge in [-0.2, -0.15) is 0 Å². The summed E-state index contributed by atoms with van der Waals surface area (Å²) in [6.45, 7) is 6.07. The van der Waals surface area contributed by atoms with E-state index in [0.717, 1.165) is 17.3 Å². The van der Waals surface area contributed by atoms with Gasteiger partial charge < -0.3 is 0 Å². The Hall–Kier alpha value is -0.351. The van der Waals surface area contributed by atoms with Crippen molar-refractivity contribution in [3.8, 4) is 0 Å². The fraction of sp³-hybridized carbons (Fsp3) is 0.538. The van der Waals surface area contributed by atoms with Crippen LogP contribution in [0, 0.1) is 12.8 Å². The van der Waals surface area contributed by atoms with Gasteiger partial charge in [-0.3, -0.25) is 0 Å². The molecule has 0 unspecified atom stereocenters. The van der Waals surface area contributed by atoms with Crippen LogP contribution in [0.1, 0.15) is 25.8 Å². The second-order valence-corrected chi connectivity index (χ2v) is 7.09. The number of nitrogens with one attached hydrogen (secondary N) is 1. The van der Waals surface area contributed by atoms with Gasteiger partial charge in [-0.25, -0.2) is 0 Å². The molecular weight excluding hydrogens is 313 g/mol. The average molecular weight is 334 g/mol. The van der Waals surface area contributed by atoms with Crippen molar-refractivity contribution in [1.29, 1.82) is 0 Å². The minimum atomic E-state index is -3.40. The Morgan fingerprint density at radius 3 is 2.28 bits per heavy atom. The van der Waals surface area contributed by atoms with Gasteiger partial charge in [0.25, 0.3) is 0 Å². The first-order valence-corrected chi connectivity index (χ1v) is 8.91. The molecule has 1 N–H and O–H groups in total. The van der Waals surface area contributed by atoms with E-state index < -0.39 is 10.0 Å². The molecule has 18 heavy (non-hydrogen) atoms. The van der Waals surface area contributed by atoms with Crippen LogP contribution in [0.3, 0.4) is 0 Å². The molecule has 0 saturated carbocycles. The molecule has 0 aliphatic rings. The molecule has 1 aromatic carbocycles. The molecule has 0 saturated heterocycles. The summed E-state index contributed by atoms with van der Waals surface area (Å²) < 4.78 is 27.2. The first kappa shape index (κ1) is 15.7. The molecule has 3 nitrogen and oxygen atoms in total. The van der Waals surface area contributed by atoms with E-state index in [1.54, 1.807) is 12.1 Å². The maximum absolute atomic E-state index is 12.2. The Morgan fingerprint density at radius 2 is 1.83 bits per heavy atom. The first-order chi connectivity index (χ1) is 8.40. The standard InChI is InChI=1S/C13H21NO2SSe/c1-4-11(3)13(9-18)14-17(15,16)12-7-5-10(2)6-8-12/h5-8,11,13-14,18H,4,9H2,1-3H3/t11-,13+/m0/s1. The minimum absolute atomic E-state index is 0.0266. The third-order valence-corrected chi connectivity index (χ3v) is 5.50. The summed E-state index contributed by atoms with van der Waals surface area (Å²) in [5.74, 6) is 0.327. The summed E-state index contributed by atoms with van der Waals surface area (Å²) in [6.07, 6.45) is 0.957. The Bertz CT molecular complexity index is 470. The van der Waals surface area contributed by atoms with Crippen molar-refractivity contribution < 1.29 is 8.42 Å². The molecule has 0 heterocycles. The van der Waals surface area contributed by atoms with Crippen LogP contribution in [0.25, 0.3) is 0 Å². The molecular formula is C13H21NO2SSe. The molecule has 1 aromatic rings. The fourth-order valence-corrected chi connectivity index (χ4v) is 4.16. The van der Waals surface area contributed by atoms with E-state index in [-0.39, 0.29) is 6.04 Å². The molecule has 102 valence electrons. The summed E-state index contributed by atoms with van der Waals surface area (Å²) in [5.41, 5.74) is 1.06. The van der Waals surface area contributed by atoms with Crippen molar-refractivity contribution in [3.63, 3.8) is 0 Å². The zero-order valence-corrected chi connectivity index (χ0v) is 13.7. The van der Waals surface area contributed by atoms with E-state index in [1.807, 2.05) is 19.1 Å². The zero-order chi connectivity index (χ0) is 13.8. The second-order valence-electron chi connectivity index (χ2n) is 4.61. The van der Waals surface area contributed by atoms with Gasteiger partial charge in [-0.15, -0.1) is 0 Å². The molecule has 2 atom stereocenters. The maximum atomic E-state index is 12.2. The van der Waals surface area contributed by atoms with Crippen LogP contribution < -0.4 is 4.72 Å². The Morgan fingerprint density at radius 1 is 1.28 bits per heavy atom. The van der Waals surface area contributed by atoms with Crippen molar-refractivity contribution in [1.82, 2.24) is 4.72 Å². The fourth-order valence-electron chi connectivity index (χ4n) is 1.60. The average Bonchev–Trinajstić information content (AvgIpc) is 2.35. The van der Waals surface area contributed by atoms with Gasteiger partial charge in [0.2, 0.25) is 0 Å². The number of hydrogen-bond donors (Lipinski definition) is 1. The second kappa shape index (κ2) is 6.71. The monoisotopic (exact) mass is 335 g/mol. The summed E-state index contributed by atoms with van der Waals surface area (Å²) in [6, 6.07) is 6.90. The van der Waals surface area contributed by atoms with Crippen LogP contribution >= 0.6 is 0 Å². The summed E-state index contributed by atoms with van der Waals surface area (Å²) >= 11 is 2.46. The number of sulfonamides is 1. The number of benzene rings is 1. The Balaban J connectivity index is 2.90. The van der Waals surface area contributed by atoms with E-state index in [4.69, 9.17) is 0 Å². The molecule has 0 fully saturated rings. The van der Waals surface area contributed by atoms with E-state index in [9.17, 15) is 8.42 Å². The van der Waals surface area contributed by atoms with Gasteiger partial charge in [-0.05, 0) is 0 Å². The number of aryl methyl sites for hydroxylation is 1. The van der Waals surface area contributed by atoms with Crippen LogP contribution in [0.4, 0.5) is 0 Å². The number of rotatable bonds is 6. The normalized spacial score (nSPS) is 15.3. The van der Waals surface area contributed by atoms with Gasteiger partial charge in [-0.1, -0.05) is 0 Å². The third kappa shape index (κ3) is 4.09. The molecule has 5 heteroatoms. The predicted molar refractivity (Wildman–Crippen MR) is 76.7 cm³/mol. The first-order valence-electron chi connectivity index (χ1n) is 6.10. The van der Waals surface area contributed by atoms with Crippen LogP contribution in [0.15, 0.2) is 29.2 Å². The van der Waals surface area contributed by atoms with E-state index in [0.29, 0.717) is 10.8 Å². The van der Waals surface area contributed by atoms with Crippen molar-refractivity contribution in [2.75, 3.05) is 0 Å². The molecule has 0 aromatic heterocycles. The topological polar surface area (TPSA) is 46.2 Å². The van der Waals surface area contributed by atoms with E-state index in [1.165, 1.54) is 0 Å².